The number of methoxy groups -OCH3 is 1. The van der Waals surface area contributed by atoms with Crippen LogP contribution in [-0.2, 0) is 33.2 Å². The van der Waals surface area contributed by atoms with Crippen LogP contribution < -0.4 is 0 Å². The molecule has 0 aromatic heterocycles. The van der Waals surface area contributed by atoms with E-state index in [1.165, 1.54) is 5.57 Å². The van der Waals surface area contributed by atoms with Crippen molar-refractivity contribution in [2.24, 2.45) is 17.8 Å². The summed E-state index contributed by atoms with van der Waals surface area (Å²) in [5.41, 5.74) is 1.21. The van der Waals surface area contributed by atoms with Crippen LogP contribution in [0.1, 0.15) is 71.1 Å². The molecular weight excluding hydrogens is 460 g/mol. The molecule has 6 rings (SSSR count). The maximum atomic E-state index is 12.8. The second kappa shape index (κ2) is 10.7. The molecule has 0 amide bonds. The van der Waals surface area contributed by atoms with Gasteiger partial charge < -0.3 is 28.4 Å². The summed E-state index contributed by atoms with van der Waals surface area (Å²) in [6.07, 6.45) is 10.2. The van der Waals surface area contributed by atoms with E-state index in [0.717, 1.165) is 58.0 Å². The van der Waals surface area contributed by atoms with Crippen molar-refractivity contribution in [1.82, 2.24) is 0 Å². The summed E-state index contributed by atoms with van der Waals surface area (Å²) in [5, 5.41) is 0. The number of ketones is 1. The first-order valence-corrected chi connectivity index (χ1v) is 14.4. The number of carbonyl (C=O) groups excluding carboxylic acids is 1. The molecule has 0 aromatic rings. The molecule has 6 aliphatic rings. The van der Waals surface area contributed by atoms with Gasteiger partial charge >= 0.3 is 0 Å². The highest BCUT2D eigenvalue weighted by molar-refractivity contribution is 5.79. The third-order valence-corrected chi connectivity index (χ3v) is 9.90. The van der Waals surface area contributed by atoms with E-state index in [1.54, 1.807) is 7.11 Å². The van der Waals surface area contributed by atoms with Gasteiger partial charge in [-0.25, -0.2) is 0 Å². The highest BCUT2D eigenvalue weighted by Crippen LogP contribution is 2.54. The zero-order chi connectivity index (χ0) is 24.8. The first kappa shape index (κ1) is 25.4. The Morgan fingerprint density at radius 3 is 2.44 bits per heavy atom. The summed E-state index contributed by atoms with van der Waals surface area (Å²) in [6, 6.07) is 0. The molecule has 5 saturated heterocycles. The lowest BCUT2D eigenvalue weighted by molar-refractivity contribution is -0.342. The largest absolute Gasteiger partial charge is 0.378 e. The van der Waals surface area contributed by atoms with Crippen molar-refractivity contribution >= 4 is 5.78 Å². The van der Waals surface area contributed by atoms with E-state index in [-0.39, 0.29) is 54.7 Å². The summed E-state index contributed by atoms with van der Waals surface area (Å²) in [5.74, 6) is 1.31. The molecular formula is C29H44O7. The number of hydrogen-bond donors (Lipinski definition) is 0. The molecule has 0 bridgehead atoms. The van der Waals surface area contributed by atoms with Crippen LogP contribution in [0.2, 0.25) is 0 Å². The zero-order valence-electron chi connectivity index (χ0n) is 22.0. The smallest absolute Gasteiger partial charge is 0.135 e. The van der Waals surface area contributed by atoms with Crippen molar-refractivity contribution < 1.29 is 33.2 Å². The first-order valence-electron chi connectivity index (χ1n) is 14.4. The van der Waals surface area contributed by atoms with Crippen molar-refractivity contribution in [3.63, 3.8) is 0 Å². The average Bonchev–Trinajstić information content (AvgIpc) is 3.47. The lowest BCUT2D eigenvalue weighted by Gasteiger charge is -2.62. The molecule has 0 aromatic carbocycles. The molecule has 7 nitrogen and oxygen atoms in total. The molecule has 36 heavy (non-hydrogen) atoms. The minimum Gasteiger partial charge on any atom is -0.378 e. The van der Waals surface area contributed by atoms with Crippen LogP contribution in [0.25, 0.3) is 0 Å². The Kier molecular flexibility index (Phi) is 7.59. The molecule has 202 valence electrons. The first-order chi connectivity index (χ1) is 17.5. The molecule has 0 N–H and O–H groups in total. The fraction of sp³-hybridized carbons (Fsp3) is 0.897. The van der Waals surface area contributed by atoms with Crippen LogP contribution in [0.5, 0.6) is 0 Å². The average molecular weight is 505 g/mol. The molecule has 1 aliphatic carbocycles. The SMILES string of the molecule is C=C1COC(CCC2CCC3C4OC5CCC(CC(=O)CC6CCO[C@H]6C)O[C@@H]5C(OC)C4[C@@H]3O2)C1. The van der Waals surface area contributed by atoms with E-state index in [1.807, 2.05) is 0 Å². The van der Waals surface area contributed by atoms with E-state index < -0.39 is 0 Å². The van der Waals surface area contributed by atoms with Gasteiger partial charge in [0.2, 0.25) is 0 Å². The Balaban J connectivity index is 1.03. The fourth-order valence-corrected chi connectivity index (χ4v) is 7.86. The Morgan fingerprint density at radius 2 is 1.69 bits per heavy atom. The highest BCUT2D eigenvalue weighted by Gasteiger charge is 2.64. The van der Waals surface area contributed by atoms with Crippen molar-refractivity contribution in [2.45, 2.75) is 126 Å². The van der Waals surface area contributed by atoms with Crippen LogP contribution in [-0.4, -0.2) is 81.0 Å². The van der Waals surface area contributed by atoms with E-state index >= 15 is 0 Å². The Hall–Kier alpha value is -0.830. The number of carbonyl (C=O) groups is 1. The predicted octanol–water partition coefficient (Wildman–Crippen LogP) is 4.01. The van der Waals surface area contributed by atoms with Crippen molar-refractivity contribution in [2.75, 3.05) is 20.3 Å². The summed E-state index contributed by atoms with van der Waals surface area (Å²) in [7, 11) is 1.79. The van der Waals surface area contributed by atoms with Crippen LogP contribution in [0.3, 0.4) is 0 Å². The Labute approximate surface area is 215 Å². The number of rotatable bonds is 8. The minimum atomic E-state index is -0.126. The highest BCUT2D eigenvalue weighted by atomic mass is 16.6. The lowest BCUT2D eigenvalue weighted by atomic mass is 9.60. The lowest BCUT2D eigenvalue weighted by Crippen LogP contribution is -2.72. The van der Waals surface area contributed by atoms with E-state index in [9.17, 15) is 4.79 Å². The van der Waals surface area contributed by atoms with Crippen LogP contribution in [0.4, 0.5) is 0 Å². The second-order valence-electron chi connectivity index (χ2n) is 12.2. The van der Waals surface area contributed by atoms with Gasteiger partial charge in [0.1, 0.15) is 11.9 Å². The third kappa shape index (κ3) is 4.96. The Morgan fingerprint density at radius 1 is 0.917 bits per heavy atom. The second-order valence-corrected chi connectivity index (χ2v) is 12.2. The van der Waals surface area contributed by atoms with E-state index in [2.05, 4.69) is 13.5 Å². The normalized spacial score (nSPS) is 48.1. The maximum Gasteiger partial charge on any atom is 0.135 e. The standard InChI is InChI=1S/C29H44O7/c1-16-12-21(33-15-16)5-4-20-6-8-23-26(34-20)25-27(23)36-24-9-7-22(35-28(24)29(25)31-3)14-19(30)13-18-10-11-32-17(18)2/h17-18,20-29H,1,4-15H2,2-3H3/t17-,18?,20?,21?,22?,23?,24?,25?,26+,27?,28-,29?/m0/s1. The molecule has 0 spiro atoms. The van der Waals surface area contributed by atoms with Gasteiger partial charge in [0.05, 0.1) is 55.4 Å². The molecule has 5 aliphatic heterocycles. The van der Waals surface area contributed by atoms with Crippen LogP contribution in [0.15, 0.2) is 12.2 Å². The van der Waals surface area contributed by atoms with Gasteiger partial charge in [-0.15, -0.1) is 0 Å². The molecule has 12 atom stereocenters. The number of ether oxygens (including phenoxy) is 6. The Bertz CT molecular complexity index is 815. The van der Waals surface area contributed by atoms with Gasteiger partial charge in [-0.3, -0.25) is 4.79 Å². The number of Topliss-reactive ketones (excluding diaryl/α,β-unsaturated/α-hetero) is 1. The minimum absolute atomic E-state index is 0.0450. The van der Waals surface area contributed by atoms with E-state index in [4.69, 9.17) is 28.4 Å². The summed E-state index contributed by atoms with van der Waals surface area (Å²) < 4.78 is 37.4. The van der Waals surface area contributed by atoms with Gasteiger partial charge in [-0.05, 0) is 69.8 Å². The molecule has 9 unspecified atom stereocenters. The third-order valence-electron chi connectivity index (χ3n) is 9.90. The van der Waals surface area contributed by atoms with Gasteiger partial charge in [0, 0.05) is 38.4 Å². The number of hydrogen-bond acceptors (Lipinski definition) is 7. The number of fused-ring (bicyclic) bond motifs is 5. The predicted molar refractivity (Wildman–Crippen MR) is 133 cm³/mol. The summed E-state index contributed by atoms with van der Waals surface area (Å²) in [6.45, 7) is 7.61. The summed E-state index contributed by atoms with van der Waals surface area (Å²) >= 11 is 0. The van der Waals surface area contributed by atoms with Crippen molar-refractivity contribution in [3.8, 4) is 0 Å². The quantitative estimate of drug-likeness (QED) is 0.463. The molecule has 7 heteroatoms. The monoisotopic (exact) mass is 504 g/mol. The van der Waals surface area contributed by atoms with Crippen molar-refractivity contribution in [1.29, 1.82) is 0 Å². The van der Waals surface area contributed by atoms with Gasteiger partial charge in [-0.2, -0.15) is 0 Å². The van der Waals surface area contributed by atoms with Gasteiger partial charge in [-0.1, -0.05) is 6.58 Å². The van der Waals surface area contributed by atoms with Gasteiger partial charge in [0.25, 0.3) is 0 Å². The molecule has 5 heterocycles. The van der Waals surface area contributed by atoms with Crippen LogP contribution in [0, 0.1) is 17.8 Å². The topological polar surface area (TPSA) is 72.5 Å². The van der Waals surface area contributed by atoms with Gasteiger partial charge in [0.15, 0.2) is 0 Å². The van der Waals surface area contributed by atoms with E-state index in [0.29, 0.717) is 43.2 Å². The molecule has 1 saturated carbocycles. The summed E-state index contributed by atoms with van der Waals surface area (Å²) in [4.78, 5) is 12.8. The van der Waals surface area contributed by atoms with Crippen LogP contribution >= 0.6 is 0 Å². The maximum absolute atomic E-state index is 12.8. The molecule has 6 fully saturated rings. The van der Waals surface area contributed by atoms with Crippen molar-refractivity contribution in [3.05, 3.63) is 12.2 Å². The molecule has 0 radical (unpaired) electrons. The fourth-order valence-electron chi connectivity index (χ4n) is 7.86. The zero-order valence-corrected chi connectivity index (χ0v) is 22.0.